The van der Waals surface area contributed by atoms with E-state index in [9.17, 15) is 9.59 Å². The van der Waals surface area contributed by atoms with Crippen LogP contribution in [0.25, 0.3) is 11.0 Å². The van der Waals surface area contributed by atoms with Gasteiger partial charge in [-0.3, -0.25) is 30.1 Å². The Kier molecular flexibility index (Phi) is 3.87. The lowest BCUT2D eigenvalue weighted by Crippen LogP contribution is -2.42. The molecule has 0 bridgehead atoms. The van der Waals surface area contributed by atoms with Gasteiger partial charge in [-0.1, -0.05) is 6.07 Å². The first-order valence-electron chi connectivity index (χ1n) is 8.40. The van der Waals surface area contributed by atoms with Crippen LogP contribution in [0.3, 0.4) is 0 Å². The number of nitrogens with one attached hydrogen (secondary N) is 2. The van der Waals surface area contributed by atoms with Crippen LogP contribution in [-0.4, -0.2) is 31.6 Å². The Morgan fingerprint density at radius 3 is 2.65 bits per heavy atom. The lowest BCUT2D eigenvalue weighted by molar-refractivity contribution is 0.0844. The summed E-state index contributed by atoms with van der Waals surface area (Å²) in [7, 11) is 1.81. The van der Waals surface area contributed by atoms with Gasteiger partial charge < -0.3 is 0 Å². The molecule has 4 rings (SSSR count). The highest BCUT2D eigenvalue weighted by Crippen LogP contribution is 2.40. The number of aryl methyl sites for hydroxylation is 2. The van der Waals surface area contributed by atoms with E-state index in [1.165, 1.54) is 6.20 Å². The molecule has 1 saturated carbocycles. The molecule has 0 atom stereocenters. The monoisotopic (exact) mass is 350 g/mol. The normalized spacial score (nSPS) is 13.6. The molecule has 1 fully saturated rings. The molecule has 0 aromatic carbocycles. The molecular weight excluding hydrogens is 332 g/mol. The fourth-order valence-electron chi connectivity index (χ4n) is 2.97. The largest absolute Gasteiger partial charge is 0.288 e. The van der Waals surface area contributed by atoms with Crippen molar-refractivity contribution < 1.29 is 9.59 Å². The van der Waals surface area contributed by atoms with Crippen LogP contribution in [0.15, 0.2) is 30.5 Å². The second-order valence-corrected chi connectivity index (χ2v) is 6.40. The van der Waals surface area contributed by atoms with Crippen molar-refractivity contribution in [3.8, 4) is 0 Å². The highest BCUT2D eigenvalue weighted by atomic mass is 16.2. The van der Waals surface area contributed by atoms with Gasteiger partial charge in [0.1, 0.15) is 5.69 Å². The Morgan fingerprint density at radius 1 is 1.19 bits per heavy atom. The van der Waals surface area contributed by atoms with Crippen molar-refractivity contribution in [3.05, 3.63) is 53.1 Å². The van der Waals surface area contributed by atoms with Crippen molar-refractivity contribution in [2.45, 2.75) is 25.7 Å². The van der Waals surface area contributed by atoms with E-state index in [1.807, 2.05) is 14.0 Å². The molecule has 0 radical (unpaired) electrons. The maximum atomic E-state index is 12.7. The first-order chi connectivity index (χ1) is 12.5. The minimum absolute atomic E-state index is 0.226. The summed E-state index contributed by atoms with van der Waals surface area (Å²) in [6, 6.07) is 6.80. The predicted octanol–water partition coefficient (Wildman–Crippen LogP) is 1.62. The number of carbonyl (C=O) groups is 2. The number of aromatic nitrogens is 4. The van der Waals surface area contributed by atoms with E-state index in [0.717, 1.165) is 24.2 Å². The number of amides is 2. The molecule has 3 aromatic heterocycles. The van der Waals surface area contributed by atoms with Crippen LogP contribution in [0.5, 0.6) is 0 Å². The van der Waals surface area contributed by atoms with Crippen LogP contribution in [0.2, 0.25) is 0 Å². The lowest BCUT2D eigenvalue weighted by atomic mass is 10.1. The van der Waals surface area contributed by atoms with E-state index < -0.39 is 11.8 Å². The molecule has 3 aromatic rings. The molecule has 8 heteroatoms. The third-order valence-electron chi connectivity index (χ3n) is 4.42. The first-order valence-corrected chi connectivity index (χ1v) is 8.40. The van der Waals surface area contributed by atoms with E-state index in [4.69, 9.17) is 0 Å². The third-order valence-corrected chi connectivity index (χ3v) is 4.42. The summed E-state index contributed by atoms with van der Waals surface area (Å²) < 4.78 is 1.68. The molecule has 3 heterocycles. The molecule has 26 heavy (non-hydrogen) atoms. The maximum Gasteiger partial charge on any atom is 0.288 e. The summed E-state index contributed by atoms with van der Waals surface area (Å²) >= 11 is 0. The van der Waals surface area contributed by atoms with Crippen molar-refractivity contribution in [1.82, 2.24) is 30.6 Å². The number of nitrogens with zero attached hydrogens (tertiary/aromatic N) is 4. The summed E-state index contributed by atoms with van der Waals surface area (Å²) in [5.41, 5.74) is 7.85. The Morgan fingerprint density at radius 2 is 1.96 bits per heavy atom. The number of pyridine rings is 2. The van der Waals surface area contributed by atoms with E-state index in [2.05, 4.69) is 25.9 Å². The van der Waals surface area contributed by atoms with E-state index in [0.29, 0.717) is 22.5 Å². The lowest BCUT2D eigenvalue weighted by Gasteiger charge is -2.09. The molecule has 1 aliphatic carbocycles. The second kappa shape index (κ2) is 6.21. The molecule has 0 spiro atoms. The Hall–Kier alpha value is -3.29. The maximum absolute atomic E-state index is 12.7. The van der Waals surface area contributed by atoms with Crippen molar-refractivity contribution in [3.63, 3.8) is 0 Å². The third kappa shape index (κ3) is 2.90. The molecule has 8 nitrogen and oxygen atoms in total. The molecule has 2 N–H and O–H groups in total. The number of carbonyl (C=O) groups excluding carboxylic acids is 2. The smallest absolute Gasteiger partial charge is 0.267 e. The summed E-state index contributed by atoms with van der Waals surface area (Å²) in [6.07, 6.45) is 3.67. The molecule has 0 aliphatic heterocycles. The van der Waals surface area contributed by atoms with Gasteiger partial charge in [0.25, 0.3) is 11.8 Å². The average Bonchev–Trinajstić information content (AvgIpc) is 3.46. The van der Waals surface area contributed by atoms with Crippen molar-refractivity contribution in [1.29, 1.82) is 0 Å². The van der Waals surface area contributed by atoms with Gasteiger partial charge in [-0.15, -0.1) is 0 Å². The predicted molar refractivity (Wildman–Crippen MR) is 94.4 cm³/mol. The highest BCUT2D eigenvalue weighted by Gasteiger charge is 2.28. The summed E-state index contributed by atoms with van der Waals surface area (Å²) in [5, 5.41) is 5.07. The minimum Gasteiger partial charge on any atom is -0.267 e. The van der Waals surface area contributed by atoms with Gasteiger partial charge in [0.15, 0.2) is 5.65 Å². The number of hydrogen-bond donors (Lipinski definition) is 2. The van der Waals surface area contributed by atoms with Gasteiger partial charge in [0.2, 0.25) is 0 Å². The van der Waals surface area contributed by atoms with Crippen LogP contribution in [0.1, 0.15) is 51.0 Å². The fourth-order valence-corrected chi connectivity index (χ4v) is 2.97. The van der Waals surface area contributed by atoms with Gasteiger partial charge >= 0.3 is 0 Å². The SMILES string of the molecule is Cc1nn(C)c2nc(C3CC3)cc(C(=O)NNC(=O)c3ccccn3)c12. The highest BCUT2D eigenvalue weighted by molar-refractivity contribution is 6.07. The van der Waals surface area contributed by atoms with Crippen LogP contribution >= 0.6 is 0 Å². The zero-order valence-electron chi connectivity index (χ0n) is 14.5. The van der Waals surface area contributed by atoms with Crippen LogP contribution in [-0.2, 0) is 7.05 Å². The number of hydrogen-bond acceptors (Lipinski definition) is 5. The molecule has 1 aliphatic rings. The standard InChI is InChI=1S/C18H18N6O2/c1-10-15-12(9-14(11-6-7-11)20-16(15)24(2)23-10)17(25)21-22-18(26)13-5-3-4-8-19-13/h3-5,8-9,11H,6-7H2,1-2H3,(H,21,25)(H,22,26). The number of rotatable bonds is 3. The summed E-state index contributed by atoms with van der Waals surface area (Å²) in [5.74, 6) is -0.487. The zero-order valence-corrected chi connectivity index (χ0v) is 14.5. The number of hydrazine groups is 1. The van der Waals surface area contributed by atoms with Crippen LogP contribution in [0.4, 0.5) is 0 Å². The van der Waals surface area contributed by atoms with Gasteiger partial charge in [-0.25, -0.2) is 4.98 Å². The quantitative estimate of drug-likeness (QED) is 0.699. The van der Waals surface area contributed by atoms with Gasteiger partial charge in [-0.2, -0.15) is 5.10 Å². The Labute approximate surface area is 149 Å². The van der Waals surface area contributed by atoms with Crippen molar-refractivity contribution in [2.75, 3.05) is 0 Å². The van der Waals surface area contributed by atoms with E-state index in [1.54, 1.807) is 28.9 Å². The Bertz CT molecular complexity index is 1010. The molecule has 0 saturated heterocycles. The summed E-state index contributed by atoms with van der Waals surface area (Å²) in [6.45, 7) is 1.84. The average molecular weight is 350 g/mol. The van der Waals surface area contributed by atoms with E-state index >= 15 is 0 Å². The van der Waals surface area contributed by atoms with Crippen LogP contribution in [0, 0.1) is 6.92 Å². The van der Waals surface area contributed by atoms with Crippen molar-refractivity contribution >= 4 is 22.8 Å². The first kappa shape index (κ1) is 16.2. The van der Waals surface area contributed by atoms with E-state index in [-0.39, 0.29) is 5.69 Å². The summed E-state index contributed by atoms with van der Waals surface area (Å²) in [4.78, 5) is 33.4. The Balaban J connectivity index is 1.63. The topological polar surface area (TPSA) is 102 Å². The van der Waals surface area contributed by atoms with Gasteiger partial charge in [0.05, 0.1) is 16.6 Å². The molecular formula is C18H18N6O2. The fraction of sp³-hybridized carbons (Fsp3) is 0.278. The molecule has 0 unspecified atom stereocenters. The molecule has 132 valence electrons. The van der Waals surface area contributed by atoms with Crippen LogP contribution < -0.4 is 10.9 Å². The van der Waals surface area contributed by atoms with Gasteiger partial charge in [0, 0.05) is 24.9 Å². The zero-order chi connectivity index (χ0) is 18.3. The van der Waals surface area contributed by atoms with Gasteiger partial charge in [-0.05, 0) is 38.0 Å². The number of fused-ring (bicyclic) bond motifs is 1. The second-order valence-electron chi connectivity index (χ2n) is 6.40. The minimum atomic E-state index is -0.477. The van der Waals surface area contributed by atoms with Crippen molar-refractivity contribution in [2.24, 2.45) is 7.05 Å². The molecule has 2 amide bonds.